The minimum Gasteiger partial charge on any atom is -0.479 e. The molecule has 10 heteroatoms. The van der Waals surface area contributed by atoms with Crippen molar-refractivity contribution in [2.24, 2.45) is 0 Å². The Morgan fingerprint density at radius 1 is 1.24 bits per heavy atom. The summed E-state index contributed by atoms with van der Waals surface area (Å²) < 4.78 is 17.3. The molecule has 0 saturated heterocycles. The maximum absolute atomic E-state index is 12.9. The SMILES string of the molecule is CCOC(=O)c1nn(-c2cnc(OC)nc2OC)c(C(C)C)c1C(O)c1ccc(Cl)cc1C. The van der Waals surface area contributed by atoms with Crippen molar-refractivity contribution < 1.29 is 24.1 Å². The molecule has 1 atom stereocenters. The number of rotatable bonds is 8. The van der Waals surface area contributed by atoms with Crippen LogP contribution in [-0.2, 0) is 4.74 Å². The van der Waals surface area contributed by atoms with Crippen molar-refractivity contribution in [2.45, 2.75) is 39.7 Å². The molecule has 1 unspecified atom stereocenters. The minimum absolute atomic E-state index is 0.000251. The van der Waals surface area contributed by atoms with Crippen LogP contribution < -0.4 is 9.47 Å². The average molecular weight is 475 g/mol. The maximum Gasteiger partial charge on any atom is 0.359 e. The first-order valence-electron chi connectivity index (χ1n) is 10.4. The van der Waals surface area contributed by atoms with Crippen LogP contribution >= 0.6 is 11.6 Å². The number of ether oxygens (including phenoxy) is 3. The molecule has 9 nitrogen and oxygen atoms in total. The number of esters is 1. The lowest BCUT2D eigenvalue weighted by Gasteiger charge is -2.19. The quantitative estimate of drug-likeness (QED) is 0.487. The van der Waals surface area contributed by atoms with Crippen LogP contribution in [0.5, 0.6) is 11.9 Å². The molecule has 0 aliphatic carbocycles. The molecule has 2 heterocycles. The van der Waals surface area contributed by atoms with E-state index in [4.69, 9.17) is 25.8 Å². The van der Waals surface area contributed by atoms with Crippen LogP contribution in [0.2, 0.25) is 5.02 Å². The highest BCUT2D eigenvalue weighted by Crippen LogP contribution is 2.37. The van der Waals surface area contributed by atoms with Crippen molar-refractivity contribution >= 4 is 17.6 Å². The van der Waals surface area contributed by atoms with Crippen molar-refractivity contribution in [3.8, 4) is 17.6 Å². The normalized spacial score (nSPS) is 12.0. The Morgan fingerprint density at radius 2 is 1.97 bits per heavy atom. The van der Waals surface area contributed by atoms with Crippen LogP contribution in [0.1, 0.15) is 65.7 Å². The standard InChI is InChI=1S/C23H27ClN4O5/c1-7-33-22(30)18-17(20(29)15-9-8-14(24)10-13(15)4)19(12(2)3)28(27-18)16-11-25-23(32-6)26-21(16)31-5/h8-12,20,29H,7H2,1-6H3. The van der Waals surface area contributed by atoms with Crippen molar-refractivity contribution in [1.29, 1.82) is 0 Å². The lowest BCUT2D eigenvalue weighted by molar-refractivity contribution is 0.0513. The molecule has 0 bridgehead atoms. The van der Waals surface area contributed by atoms with E-state index < -0.39 is 12.1 Å². The second kappa shape index (κ2) is 10.2. The molecule has 0 spiro atoms. The summed E-state index contributed by atoms with van der Waals surface area (Å²) in [4.78, 5) is 21.3. The van der Waals surface area contributed by atoms with Gasteiger partial charge in [-0.1, -0.05) is 31.5 Å². The van der Waals surface area contributed by atoms with Gasteiger partial charge in [0.05, 0.1) is 32.7 Å². The number of aryl methyl sites for hydroxylation is 1. The molecule has 0 radical (unpaired) electrons. The zero-order chi connectivity index (χ0) is 24.3. The smallest absolute Gasteiger partial charge is 0.359 e. The third-order valence-electron chi connectivity index (χ3n) is 5.09. The molecule has 33 heavy (non-hydrogen) atoms. The highest BCUT2D eigenvalue weighted by atomic mass is 35.5. The highest BCUT2D eigenvalue weighted by Gasteiger charge is 2.33. The van der Waals surface area contributed by atoms with Crippen molar-refractivity contribution in [2.75, 3.05) is 20.8 Å². The first kappa shape index (κ1) is 24.5. The lowest BCUT2D eigenvalue weighted by Crippen LogP contribution is -2.13. The molecule has 0 amide bonds. The fourth-order valence-electron chi connectivity index (χ4n) is 3.64. The van der Waals surface area contributed by atoms with E-state index in [0.717, 1.165) is 5.56 Å². The summed E-state index contributed by atoms with van der Waals surface area (Å²) in [5, 5.41) is 16.6. The number of aliphatic hydroxyl groups excluding tert-OH is 1. The van der Waals surface area contributed by atoms with E-state index in [0.29, 0.717) is 27.5 Å². The van der Waals surface area contributed by atoms with Crippen molar-refractivity contribution in [3.63, 3.8) is 0 Å². The van der Waals surface area contributed by atoms with Crippen molar-refractivity contribution in [3.05, 3.63) is 57.5 Å². The molecule has 0 saturated carbocycles. The summed E-state index contributed by atoms with van der Waals surface area (Å²) in [5.74, 6) is -0.595. The zero-order valence-corrected chi connectivity index (χ0v) is 20.2. The molecular formula is C23H27ClN4O5. The summed E-state index contributed by atoms with van der Waals surface area (Å²) >= 11 is 6.10. The predicted molar refractivity (Wildman–Crippen MR) is 123 cm³/mol. The van der Waals surface area contributed by atoms with Gasteiger partial charge in [0.1, 0.15) is 11.8 Å². The molecule has 0 fully saturated rings. The Bertz CT molecular complexity index is 1160. The monoisotopic (exact) mass is 474 g/mol. The van der Waals surface area contributed by atoms with Gasteiger partial charge in [-0.25, -0.2) is 14.5 Å². The number of hydrogen-bond donors (Lipinski definition) is 1. The summed E-state index contributed by atoms with van der Waals surface area (Å²) in [6.45, 7) is 7.58. The van der Waals surface area contributed by atoms with Gasteiger partial charge < -0.3 is 19.3 Å². The van der Waals surface area contributed by atoms with Crippen LogP contribution in [0.25, 0.3) is 5.69 Å². The van der Waals surface area contributed by atoms with E-state index in [1.165, 1.54) is 25.1 Å². The van der Waals surface area contributed by atoms with Gasteiger partial charge in [-0.3, -0.25) is 0 Å². The number of benzene rings is 1. The Balaban J connectivity index is 2.32. The van der Waals surface area contributed by atoms with Crippen LogP contribution in [-0.4, -0.2) is 51.7 Å². The summed E-state index contributed by atoms with van der Waals surface area (Å²) in [6, 6.07) is 5.30. The average Bonchev–Trinajstić information content (AvgIpc) is 3.19. The molecule has 2 aromatic heterocycles. The molecule has 1 N–H and O–H groups in total. The number of aliphatic hydroxyl groups is 1. The molecule has 3 aromatic rings. The topological polar surface area (TPSA) is 109 Å². The third-order valence-corrected chi connectivity index (χ3v) is 5.33. The molecule has 1 aromatic carbocycles. The molecular weight excluding hydrogens is 448 g/mol. The van der Waals surface area contributed by atoms with Gasteiger partial charge >= 0.3 is 12.0 Å². The Hall–Kier alpha value is -3.17. The van der Waals surface area contributed by atoms with E-state index in [1.807, 2.05) is 20.8 Å². The van der Waals surface area contributed by atoms with Gasteiger partial charge in [0.15, 0.2) is 5.69 Å². The van der Waals surface area contributed by atoms with Gasteiger partial charge in [0.2, 0.25) is 5.88 Å². The Morgan fingerprint density at radius 3 is 2.55 bits per heavy atom. The van der Waals surface area contributed by atoms with Gasteiger partial charge in [-0.2, -0.15) is 10.1 Å². The lowest BCUT2D eigenvalue weighted by atomic mass is 9.92. The summed E-state index contributed by atoms with van der Waals surface area (Å²) in [6.07, 6.45) is 0.334. The number of halogens is 1. The van der Waals surface area contributed by atoms with Crippen LogP contribution in [0, 0.1) is 6.92 Å². The van der Waals surface area contributed by atoms with Crippen molar-refractivity contribution in [1.82, 2.24) is 19.7 Å². The molecule has 0 aliphatic rings. The van der Waals surface area contributed by atoms with Crippen LogP contribution in [0.15, 0.2) is 24.4 Å². The molecule has 176 valence electrons. The number of aromatic nitrogens is 4. The third kappa shape index (κ3) is 4.79. The fraction of sp³-hybridized carbons (Fsp3) is 0.391. The van der Waals surface area contributed by atoms with Crippen LogP contribution in [0.4, 0.5) is 0 Å². The van der Waals surface area contributed by atoms with Gasteiger partial charge in [-0.05, 0) is 43.0 Å². The predicted octanol–water partition coefficient (Wildman–Crippen LogP) is 4.02. The second-order valence-corrected chi connectivity index (χ2v) is 8.03. The number of hydrogen-bond acceptors (Lipinski definition) is 8. The second-order valence-electron chi connectivity index (χ2n) is 7.59. The Labute approximate surface area is 197 Å². The highest BCUT2D eigenvalue weighted by molar-refractivity contribution is 6.30. The minimum atomic E-state index is -1.15. The van der Waals surface area contributed by atoms with Gasteiger partial charge in [0.25, 0.3) is 0 Å². The number of carbonyl (C=O) groups excluding carboxylic acids is 1. The fourth-order valence-corrected chi connectivity index (χ4v) is 3.87. The van der Waals surface area contributed by atoms with E-state index in [9.17, 15) is 9.90 Å². The zero-order valence-electron chi connectivity index (χ0n) is 19.4. The molecule has 3 rings (SSSR count). The Kier molecular flexibility index (Phi) is 7.55. The largest absolute Gasteiger partial charge is 0.479 e. The molecule has 0 aliphatic heterocycles. The first-order valence-corrected chi connectivity index (χ1v) is 10.8. The maximum atomic E-state index is 12.9. The number of nitrogens with zero attached hydrogens (tertiary/aromatic N) is 4. The van der Waals surface area contributed by atoms with E-state index >= 15 is 0 Å². The van der Waals surface area contributed by atoms with E-state index in [-0.39, 0.29) is 30.1 Å². The van der Waals surface area contributed by atoms with E-state index in [1.54, 1.807) is 25.1 Å². The summed E-state index contributed by atoms with van der Waals surface area (Å²) in [7, 11) is 2.91. The van der Waals surface area contributed by atoms with Crippen LogP contribution in [0.3, 0.4) is 0 Å². The number of carbonyl (C=O) groups is 1. The number of methoxy groups -OCH3 is 2. The van der Waals surface area contributed by atoms with E-state index in [2.05, 4.69) is 15.1 Å². The summed E-state index contributed by atoms with van der Waals surface area (Å²) in [5.41, 5.74) is 2.69. The van der Waals surface area contributed by atoms with Gasteiger partial charge in [0, 0.05) is 10.6 Å². The first-order chi connectivity index (χ1) is 15.7. The van der Waals surface area contributed by atoms with Gasteiger partial charge in [-0.15, -0.1) is 0 Å².